The Morgan fingerprint density at radius 2 is 1.24 bits per heavy atom. The Labute approximate surface area is 294 Å². The normalized spacial score (nSPS) is 34.1. The van der Waals surface area contributed by atoms with E-state index in [-0.39, 0.29) is 35.8 Å². The minimum Gasteiger partial charge on any atom is -0.460 e. The minimum absolute atomic E-state index is 0.0531. The quantitative estimate of drug-likeness (QED) is 0.251. The van der Waals surface area contributed by atoms with E-state index in [2.05, 4.69) is 9.97 Å². The monoisotopic (exact) mass is 700 g/mol. The number of ketones is 2. The number of aliphatic hydroxyl groups is 3. The Kier molecular flexibility index (Phi) is 8.58. The molecule has 10 atom stereocenters. The average Bonchev–Trinajstić information content (AvgIpc) is 3.72. The number of H-pyrrole nitrogens is 2. The van der Waals surface area contributed by atoms with E-state index in [1.54, 1.807) is 52.0 Å². The maximum Gasteiger partial charge on any atom is 0.302 e. The number of carbonyl (C=O) groups is 3. The number of esters is 1. The van der Waals surface area contributed by atoms with Crippen molar-refractivity contribution in [2.75, 3.05) is 0 Å². The molecule has 3 aromatic rings. The lowest BCUT2D eigenvalue weighted by atomic mass is 9.73. The van der Waals surface area contributed by atoms with Crippen molar-refractivity contribution in [3.63, 3.8) is 0 Å². The van der Waals surface area contributed by atoms with Gasteiger partial charge in [-0.2, -0.15) is 0 Å². The number of rotatable bonds is 3. The number of carbonyl (C=O) groups excluding carboxylic acids is 3. The molecule has 7 rings (SSSR count). The summed E-state index contributed by atoms with van der Waals surface area (Å²) in [5.41, 5.74) is 2.26. The maximum absolute atomic E-state index is 14.5. The summed E-state index contributed by atoms with van der Waals surface area (Å²) in [6.07, 6.45) is -6.84. The van der Waals surface area contributed by atoms with Crippen LogP contribution in [0.3, 0.4) is 0 Å². The molecule has 13 heteroatoms. The first kappa shape index (κ1) is 35.1. The number of aliphatic hydroxyl groups excluding tert-OH is 3. The van der Waals surface area contributed by atoms with Crippen LogP contribution in [0.4, 0.5) is 0 Å². The molecule has 0 spiro atoms. The molecule has 0 radical (unpaired) electrons. The van der Waals surface area contributed by atoms with Crippen molar-refractivity contribution in [1.82, 2.24) is 19.9 Å². The fourth-order valence-corrected chi connectivity index (χ4v) is 7.98. The van der Waals surface area contributed by atoms with Crippen LogP contribution in [-0.4, -0.2) is 102 Å². The van der Waals surface area contributed by atoms with E-state index in [9.17, 15) is 29.7 Å². The van der Waals surface area contributed by atoms with Gasteiger partial charge in [0.1, 0.15) is 40.5 Å². The molecule has 51 heavy (non-hydrogen) atoms. The number of aryl methyl sites for hydroxylation is 2. The number of aromatic amines is 2. The van der Waals surface area contributed by atoms with Crippen LogP contribution >= 0.6 is 0 Å². The predicted octanol–water partition coefficient (Wildman–Crippen LogP) is 3.58. The molecular formula is C38H44N4O9. The molecular weight excluding hydrogens is 656 g/mol. The molecule has 0 saturated carbocycles. The first-order valence-electron chi connectivity index (χ1n) is 17.3. The van der Waals surface area contributed by atoms with Crippen molar-refractivity contribution in [3.05, 3.63) is 70.3 Å². The molecule has 7 heterocycles. The standard InChI is InChI=1S/C38H44N4O9/c1-16-9-22-11-31-38(7,36-30(51-20(5)43)15-28(45)19(4)50-36)33(47)25(41-31)10-21-8-17(2)24(39-21)13-32-37(6,34(48)26(42-32)12-23(16)40-22)35-29(46)14-27(44)18(3)49-35/h8-13,18-19,27-30,35-36,39-40,44-46H,14-15H2,1-7H3. The molecule has 2 fully saturated rings. The van der Waals surface area contributed by atoms with Crippen LogP contribution < -0.4 is 0 Å². The fourth-order valence-electron chi connectivity index (χ4n) is 7.98. The van der Waals surface area contributed by atoms with Gasteiger partial charge in [0, 0.05) is 41.8 Å². The zero-order chi connectivity index (χ0) is 36.7. The van der Waals surface area contributed by atoms with E-state index in [1.807, 2.05) is 26.0 Å². The van der Waals surface area contributed by atoms with E-state index in [0.717, 1.165) is 11.1 Å². The molecule has 0 aromatic carbocycles. The Bertz CT molecular complexity index is 2110. The molecule has 10 unspecified atom stereocenters. The number of fused-ring (bicyclic) bond motifs is 8. The summed E-state index contributed by atoms with van der Waals surface area (Å²) in [6.45, 7) is 11.9. The number of hydrogen-bond acceptors (Lipinski definition) is 11. The highest BCUT2D eigenvalue weighted by atomic mass is 16.6. The van der Waals surface area contributed by atoms with Crippen LogP contribution in [0.15, 0.2) is 36.4 Å². The Hall–Kier alpha value is -4.27. The number of ether oxygens (including phenoxy) is 3. The molecule has 4 aliphatic heterocycles. The molecule has 8 bridgehead atoms. The predicted molar refractivity (Wildman–Crippen MR) is 185 cm³/mol. The molecule has 0 amide bonds. The van der Waals surface area contributed by atoms with Gasteiger partial charge in [-0.1, -0.05) is 0 Å². The smallest absolute Gasteiger partial charge is 0.302 e. The number of aromatic nitrogens is 4. The van der Waals surface area contributed by atoms with Gasteiger partial charge in [-0.15, -0.1) is 0 Å². The lowest BCUT2D eigenvalue weighted by molar-refractivity contribution is -0.197. The lowest BCUT2D eigenvalue weighted by Crippen LogP contribution is -2.57. The largest absolute Gasteiger partial charge is 0.460 e. The van der Waals surface area contributed by atoms with E-state index < -0.39 is 65.6 Å². The van der Waals surface area contributed by atoms with Crippen molar-refractivity contribution in [1.29, 1.82) is 0 Å². The van der Waals surface area contributed by atoms with E-state index in [1.165, 1.54) is 6.92 Å². The SMILES string of the molecule is CC(=O)OC1CC(O)C(C)OC1C1(C)C(=O)c2cc3cc(C)c(cc4nc(cc5[nH]c(cc1n2)cc5C)C(=O)C4(C)C1OC(C)C(O)CC1O)[nH]3. The molecule has 0 aliphatic carbocycles. The van der Waals surface area contributed by atoms with Gasteiger partial charge in [-0.3, -0.25) is 14.4 Å². The number of nitrogens with one attached hydrogen (secondary N) is 2. The van der Waals surface area contributed by atoms with Crippen LogP contribution in [0.2, 0.25) is 0 Å². The lowest BCUT2D eigenvalue weighted by Gasteiger charge is -2.44. The van der Waals surface area contributed by atoms with Gasteiger partial charge in [0.25, 0.3) is 0 Å². The van der Waals surface area contributed by atoms with Gasteiger partial charge in [0.15, 0.2) is 11.6 Å². The van der Waals surface area contributed by atoms with Crippen LogP contribution in [0.5, 0.6) is 0 Å². The van der Waals surface area contributed by atoms with Crippen molar-refractivity contribution >= 4 is 39.6 Å². The van der Waals surface area contributed by atoms with Crippen LogP contribution in [0.25, 0.3) is 22.1 Å². The highest BCUT2D eigenvalue weighted by Crippen LogP contribution is 2.43. The van der Waals surface area contributed by atoms with Gasteiger partial charge < -0.3 is 39.5 Å². The highest BCUT2D eigenvalue weighted by molar-refractivity contribution is 6.07. The Morgan fingerprint density at radius 1 is 0.745 bits per heavy atom. The first-order valence-corrected chi connectivity index (χ1v) is 17.3. The average molecular weight is 701 g/mol. The van der Waals surface area contributed by atoms with Gasteiger partial charge in [-0.05, 0) is 89.1 Å². The third-order valence-electron chi connectivity index (χ3n) is 11.2. The van der Waals surface area contributed by atoms with Crippen LogP contribution in [0, 0.1) is 13.8 Å². The summed E-state index contributed by atoms with van der Waals surface area (Å²) in [6, 6.07) is 10.5. The van der Waals surface area contributed by atoms with Crippen molar-refractivity contribution < 1.29 is 43.9 Å². The second-order valence-electron chi connectivity index (χ2n) is 14.9. The van der Waals surface area contributed by atoms with Crippen LogP contribution in [-0.2, 0) is 29.8 Å². The number of nitrogens with zero attached hydrogens (tertiary/aromatic N) is 2. The first-order chi connectivity index (χ1) is 24.0. The van der Waals surface area contributed by atoms with Gasteiger partial charge in [-0.25, -0.2) is 9.97 Å². The summed E-state index contributed by atoms with van der Waals surface area (Å²) < 4.78 is 18.1. The summed E-state index contributed by atoms with van der Waals surface area (Å²) in [5.74, 6) is -1.23. The third kappa shape index (κ3) is 5.71. The summed E-state index contributed by atoms with van der Waals surface area (Å²) >= 11 is 0. The molecule has 270 valence electrons. The van der Waals surface area contributed by atoms with E-state index in [4.69, 9.17) is 24.2 Å². The molecule has 13 nitrogen and oxygen atoms in total. The fraction of sp³-hybridized carbons (Fsp3) is 0.500. The second kappa shape index (κ2) is 12.4. The van der Waals surface area contributed by atoms with Crippen molar-refractivity contribution in [2.45, 2.75) is 121 Å². The zero-order valence-electron chi connectivity index (χ0n) is 29.7. The van der Waals surface area contributed by atoms with Gasteiger partial charge in [0.05, 0.1) is 41.9 Å². The summed E-state index contributed by atoms with van der Waals surface area (Å²) in [5, 5.41) is 32.2. The Balaban J connectivity index is 1.46. The number of Topliss-reactive ketones (excluding diaryl/α,β-unsaturated/α-hetero) is 2. The van der Waals surface area contributed by atoms with Crippen LogP contribution in [0.1, 0.15) is 91.0 Å². The maximum atomic E-state index is 14.5. The van der Waals surface area contributed by atoms with Gasteiger partial charge in [0.2, 0.25) is 0 Å². The highest BCUT2D eigenvalue weighted by Gasteiger charge is 2.57. The molecule has 2 saturated heterocycles. The zero-order valence-corrected chi connectivity index (χ0v) is 29.7. The summed E-state index contributed by atoms with van der Waals surface area (Å²) in [7, 11) is 0. The van der Waals surface area contributed by atoms with E-state index >= 15 is 0 Å². The van der Waals surface area contributed by atoms with Crippen molar-refractivity contribution in [2.24, 2.45) is 0 Å². The minimum atomic E-state index is -1.41. The molecule has 5 N–H and O–H groups in total. The number of hydrogen-bond donors (Lipinski definition) is 5. The third-order valence-corrected chi connectivity index (χ3v) is 11.2. The topological polar surface area (TPSA) is 197 Å². The molecule has 3 aromatic heterocycles. The molecule has 4 aliphatic rings. The van der Waals surface area contributed by atoms with Gasteiger partial charge >= 0.3 is 5.97 Å². The van der Waals surface area contributed by atoms with Crippen molar-refractivity contribution in [3.8, 4) is 0 Å². The second-order valence-corrected chi connectivity index (χ2v) is 14.9. The summed E-state index contributed by atoms with van der Waals surface area (Å²) in [4.78, 5) is 57.5. The van der Waals surface area contributed by atoms with E-state index in [0.29, 0.717) is 33.5 Å². The Morgan fingerprint density at radius 3 is 1.84 bits per heavy atom.